The van der Waals surface area contributed by atoms with Crippen LogP contribution in [0.1, 0.15) is 0 Å². The van der Waals surface area contributed by atoms with Crippen molar-refractivity contribution in [2.75, 3.05) is 0 Å². The van der Waals surface area contributed by atoms with E-state index in [9.17, 15) is 0 Å². The Morgan fingerprint density at radius 3 is 1.38 bits per heavy atom. The minimum atomic E-state index is 0.543. The molecule has 0 amide bonds. The van der Waals surface area contributed by atoms with E-state index in [4.69, 9.17) is 15.0 Å². The third kappa shape index (κ3) is 5.66. The van der Waals surface area contributed by atoms with Crippen LogP contribution in [-0.4, -0.2) is 24.1 Å². The van der Waals surface area contributed by atoms with Crippen molar-refractivity contribution in [3.8, 4) is 56.7 Å². The molecule has 0 radical (unpaired) electrons. The lowest BCUT2D eigenvalue weighted by molar-refractivity contribution is 0.893. The summed E-state index contributed by atoms with van der Waals surface area (Å²) in [6.07, 6.45) is 0. The van der Waals surface area contributed by atoms with Crippen molar-refractivity contribution < 1.29 is 0 Å². The fraction of sp³-hybridized carbons (Fsp3) is 0. The predicted molar refractivity (Wildman–Crippen MR) is 263 cm³/mol. The van der Waals surface area contributed by atoms with Gasteiger partial charge in [0.2, 0.25) is 11.9 Å². The maximum absolute atomic E-state index is 5.57. The third-order valence-electron chi connectivity index (χ3n) is 12.4. The number of aromatic nitrogens is 5. The maximum atomic E-state index is 5.57. The molecule has 13 rings (SSSR count). The van der Waals surface area contributed by atoms with E-state index in [0.29, 0.717) is 17.7 Å². The van der Waals surface area contributed by atoms with Gasteiger partial charge in [0.1, 0.15) is 0 Å². The van der Waals surface area contributed by atoms with Crippen molar-refractivity contribution in [1.82, 2.24) is 24.1 Å². The van der Waals surface area contributed by atoms with Crippen molar-refractivity contribution in [3.05, 3.63) is 212 Å². The fourth-order valence-corrected chi connectivity index (χ4v) is 10.7. The average Bonchev–Trinajstić information content (AvgIpc) is 4.02. The second kappa shape index (κ2) is 14.2. The summed E-state index contributed by atoms with van der Waals surface area (Å²) < 4.78 is 6.97. The number of thiophene rings is 1. The Labute approximate surface area is 366 Å². The first kappa shape index (κ1) is 35.6. The Morgan fingerprint density at radius 1 is 0.302 bits per heavy atom. The van der Waals surface area contributed by atoms with E-state index < -0.39 is 0 Å². The molecule has 294 valence electrons. The summed E-state index contributed by atoms with van der Waals surface area (Å²) in [4.78, 5) is 16.6. The van der Waals surface area contributed by atoms with E-state index >= 15 is 0 Å². The summed E-state index contributed by atoms with van der Waals surface area (Å²) in [5, 5.41) is 7.03. The van der Waals surface area contributed by atoms with Gasteiger partial charge in [-0.2, -0.15) is 15.0 Å². The van der Waals surface area contributed by atoms with E-state index in [2.05, 4.69) is 221 Å². The van der Waals surface area contributed by atoms with Crippen LogP contribution in [-0.2, 0) is 0 Å². The number of hydrogen-bond acceptors (Lipinski definition) is 4. The van der Waals surface area contributed by atoms with Gasteiger partial charge in [-0.25, -0.2) is 0 Å². The first-order valence-electron chi connectivity index (χ1n) is 21.2. The summed E-state index contributed by atoms with van der Waals surface area (Å²) in [5.74, 6) is 1.69. The largest absolute Gasteiger partial charge is 0.278 e. The fourth-order valence-electron chi connectivity index (χ4n) is 9.58. The van der Waals surface area contributed by atoms with Crippen molar-refractivity contribution in [2.24, 2.45) is 0 Å². The van der Waals surface area contributed by atoms with Gasteiger partial charge in [-0.3, -0.25) is 9.13 Å². The minimum absolute atomic E-state index is 0.543. The highest BCUT2D eigenvalue weighted by molar-refractivity contribution is 7.25. The molecule has 9 aromatic carbocycles. The molecule has 0 saturated heterocycles. The normalized spacial score (nSPS) is 11.8. The molecular formula is C57H35N5S. The molecule has 4 heterocycles. The van der Waals surface area contributed by atoms with Gasteiger partial charge >= 0.3 is 0 Å². The lowest BCUT2D eigenvalue weighted by atomic mass is 9.95. The molecule has 13 aromatic rings. The van der Waals surface area contributed by atoms with Crippen LogP contribution in [0.25, 0.3) is 120 Å². The zero-order valence-electron chi connectivity index (χ0n) is 33.9. The van der Waals surface area contributed by atoms with Crippen LogP contribution < -0.4 is 0 Å². The Kier molecular flexibility index (Phi) is 8.01. The minimum Gasteiger partial charge on any atom is -0.278 e. The number of rotatable bonds is 6. The van der Waals surface area contributed by atoms with Gasteiger partial charge in [0, 0.05) is 47.3 Å². The Bertz CT molecular complexity index is 3770. The summed E-state index contributed by atoms with van der Waals surface area (Å²) in [6.45, 7) is 0. The summed E-state index contributed by atoms with van der Waals surface area (Å²) in [7, 11) is 0. The van der Waals surface area contributed by atoms with Gasteiger partial charge in [-0.1, -0.05) is 176 Å². The highest BCUT2D eigenvalue weighted by atomic mass is 32.1. The monoisotopic (exact) mass is 821 g/mol. The van der Waals surface area contributed by atoms with Gasteiger partial charge in [0.05, 0.1) is 22.1 Å². The maximum Gasteiger partial charge on any atom is 0.240 e. The molecule has 5 nitrogen and oxygen atoms in total. The van der Waals surface area contributed by atoms with Gasteiger partial charge in [0.15, 0.2) is 5.82 Å². The van der Waals surface area contributed by atoms with Gasteiger partial charge in [0.25, 0.3) is 0 Å². The smallest absolute Gasteiger partial charge is 0.240 e. The van der Waals surface area contributed by atoms with E-state index in [0.717, 1.165) is 82.6 Å². The first-order valence-corrected chi connectivity index (χ1v) is 22.0. The number of hydrogen-bond donors (Lipinski definition) is 0. The second-order valence-electron chi connectivity index (χ2n) is 16.0. The molecule has 63 heavy (non-hydrogen) atoms. The van der Waals surface area contributed by atoms with Crippen LogP contribution in [0.15, 0.2) is 212 Å². The number of benzene rings is 9. The van der Waals surface area contributed by atoms with E-state index in [-0.39, 0.29) is 0 Å². The zero-order chi connectivity index (χ0) is 41.4. The summed E-state index contributed by atoms with van der Waals surface area (Å²) in [5.41, 5.74) is 11.8. The highest BCUT2D eigenvalue weighted by Gasteiger charge is 2.23. The van der Waals surface area contributed by atoms with Crippen LogP contribution in [0.4, 0.5) is 0 Å². The molecule has 0 saturated carbocycles. The molecule has 0 aliphatic carbocycles. The van der Waals surface area contributed by atoms with Crippen LogP contribution >= 0.6 is 11.3 Å². The van der Waals surface area contributed by atoms with Crippen LogP contribution in [0.3, 0.4) is 0 Å². The van der Waals surface area contributed by atoms with Gasteiger partial charge < -0.3 is 0 Å². The zero-order valence-corrected chi connectivity index (χ0v) is 34.7. The second-order valence-corrected chi connectivity index (χ2v) is 17.1. The molecule has 0 N–H and O–H groups in total. The third-order valence-corrected chi connectivity index (χ3v) is 13.6. The molecule has 4 aromatic heterocycles. The average molecular weight is 822 g/mol. The van der Waals surface area contributed by atoms with Crippen molar-refractivity contribution in [1.29, 1.82) is 0 Å². The standard InChI is InChI=1S/C57H35N5S/c1-3-16-36(17-4-1)38-30-32-43-44-33-31-39(37-18-5-2-6-19-37)35-51(44)62(50(43)34-38)57-59-55(58-56(60-57)61-48-26-12-9-21-41(48)42-22-10-13-27-49(42)61)46-23-8-7-20-40(46)45-25-15-29-53-54(45)47-24-11-14-28-52(47)63-53/h1-35H. The topological polar surface area (TPSA) is 48.5 Å². The Hall–Kier alpha value is -8.19. The summed E-state index contributed by atoms with van der Waals surface area (Å²) in [6, 6.07) is 75.6. The molecule has 0 aliphatic rings. The van der Waals surface area contributed by atoms with Crippen molar-refractivity contribution in [2.45, 2.75) is 0 Å². The summed E-state index contributed by atoms with van der Waals surface area (Å²) >= 11 is 1.83. The lowest BCUT2D eigenvalue weighted by Gasteiger charge is -2.15. The van der Waals surface area contributed by atoms with Crippen LogP contribution in [0.5, 0.6) is 0 Å². The van der Waals surface area contributed by atoms with E-state index in [1.807, 2.05) is 11.3 Å². The molecule has 0 spiro atoms. The van der Waals surface area contributed by atoms with Crippen LogP contribution in [0, 0.1) is 0 Å². The SMILES string of the molecule is c1ccc(-c2ccc3c4ccc(-c5ccccc5)cc4n(-c4nc(-c5ccccc5-c5cccc6sc7ccccc7c56)nc(-n5c6ccccc6c6ccccc65)n4)c3c2)cc1. The Morgan fingerprint density at radius 2 is 0.762 bits per heavy atom. The molecule has 0 aliphatic heterocycles. The van der Waals surface area contributed by atoms with E-state index in [1.165, 1.54) is 20.2 Å². The number of fused-ring (bicyclic) bond motifs is 9. The van der Waals surface area contributed by atoms with Gasteiger partial charge in [-0.05, 0) is 69.8 Å². The molecule has 0 unspecified atom stereocenters. The van der Waals surface area contributed by atoms with Gasteiger partial charge in [-0.15, -0.1) is 11.3 Å². The van der Waals surface area contributed by atoms with Crippen molar-refractivity contribution >= 4 is 75.1 Å². The molecule has 6 heteroatoms. The first-order chi connectivity index (χ1) is 31.2. The highest BCUT2D eigenvalue weighted by Crippen LogP contribution is 2.43. The van der Waals surface area contributed by atoms with Crippen molar-refractivity contribution in [3.63, 3.8) is 0 Å². The predicted octanol–water partition coefficient (Wildman–Crippen LogP) is 15.1. The number of nitrogens with zero attached hydrogens (tertiary/aromatic N) is 5. The van der Waals surface area contributed by atoms with Crippen LogP contribution in [0.2, 0.25) is 0 Å². The molecule has 0 atom stereocenters. The molecular weight excluding hydrogens is 787 g/mol. The quantitative estimate of drug-likeness (QED) is 0.168. The Balaban J connectivity index is 1.15. The molecule has 0 fully saturated rings. The molecule has 0 bridgehead atoms. The number of para-hydroxylation sites is 2. The van der Waals surface area contributed by atoms with E-state index in [1.54, 1.807) is 0 Å². The lowest BCUT2D eigenvalue weighted by Crippen LogP contribution is -2.10.